The highest BCUT2D eigenvalue weighted by Gasteiger charge is 2.37. The number of carbonyl (C=O) groups excluding carboxylic acids is 3. The van der Waals surface area contributed by atoms with E-state index in [1.807, 2.05) is 11.5 Å². The zero-order valence-electron chi connectivity index (χ0n) is 20.6. The van der Waals surface area contributed by atoms with Crippen LogP contribution < -0.4 is 22.3 Å². The third kappa shape index (κ3) is 4.51. The Hall–Kier alpha value is -4.54. The van der Waals surface area contributed by atoms with Crippen LogP contribution in [-0.4, -0.2) is 35.8 Å². The number of fused-ring (bicyclic) bond motifs is 1. The van der Waals surface area contributed by atoms with Gasteiger partial charge < -0.3 is 15.5 Å². The number of urea groups is 1. The summed E-state index contributed by atoms with van der Waals surface area (Å²) in [4.78, 5) is 39.6. The van der Waals surface area contributed by atoms with Crippen molar-refractivity contribution in [1.29, 1.82) is 0 Å². The van der Waals surface area contributed by atoms with Gasteiger partial charge in [0.25, 0.3) is 11.8 Å². The van der Waals surface area contributed by atoms with Gasteiger partial charge in [-0.3, -0.25) is 19.9 Å². The van der Waals surface area contributed by atoms with Gasteiger partial charge in [-0.15, -0.1) is 0 Å². The van der Waals surface area contributed by atoms with Crippen molar-refractivity contribution < 1.29 is 23.2 Å². The van der Waals surface area contributed by atoms with Crippen molar-refractivity contribution in [3.8, 4) is 22.5 Å². The standard InChI is InChI=1S/C28H26FN5O4/c1-32-26(35)24-22-12-16(6-11-23(22)38-25(24)15-4-7-19(29)8-5-15)21-13-17(2-3-18(21)14-30)27(36)34(20-9-10-20)28(37)33-31/h2-8,11-13,20H,9-10,14,30-31H2,1H3,(H,32,35)(H,33,37). The van der Waals surface area contributed by atoms with Gasteiger partial charge in [-0.1, -0.05) is 12.1 Å². The molecular formula is C28H26FN5O4. The second-order valence-electron chi connectivity index (χ2n) is 9.04. The molecule has 1 heterocycles. The second kappa shape index (κ2) is 10.1. The van der Waals surface area contributed by atoms with Crippen molar-refractivity contribution in [2.24, 2.45) is 11.6 Å². The van der Waals surface area contributed by atoms with E-state index in [9.17, 15) is 18.8 Å². The number of halogens is 1. The lowest BCUT2D eigenvalue weighted by Gasteiger charge is -2.20. The van der Waals surface area contributed by atoms with Crippen LogP contribution in [-0.2, 0) is 6.54 Å². The first-order valence-electron chi connectivity index (χ1n) is 12.1. The first-order chi connectivity index (χ1) is 18.4. The Kier molecular flexibility index (Phi) is 6.66. The van der Waals surface area contributed by atoms with Gasteiger partial charge in [-0.05, 0) is 78.1 Å². The van der Waals surface area contributed by atoms with Crippen LogP contribution in [0.25, 0.3) is 33.4 Å². The normalized spacial score (nSPS) is 12.8. The molecule has 0 unspecified atom stereocenters. The molecule has 38 heavy (non-hydrogen) atoms. The number of hydrazine groups is 1. The third-order valence-corrected chi connectivity index (χ3v) is 6.61. The van der Waals surface area contributed by atoms with Crippen LogP contribution in [0.2, 0.25) is 0 Å². The molecule has 4 aromatic rings. The number of furan rings is 1. The summed E-state index contributed by atoms with van der Waals surface area (Å²) >= 11 is 0. The number of hydrogen-bond donors (Lipinski definition) is 4. The van der Waals surface area contributed by atoms with Gasteiger partial charge in [0.15, 0.2) is 0 Å². The van der Waals surface area contributed by atoms with E-state index in [0.29, 0.717) is 44.5 Å². The van der Waals surface area contributed by atoms with E-state index >= 15 is 0 Å². The maximum atomic E-state index is 13.5. The number of amides is 4. The van der Waals surface area contributed by atoms with Crippen LogP contribution in [0.4, 0.5) is 9.18 Å². The molecule has 1 saturated carbocycles. The minimum Gasteiger partial charge on any atom is -0.455 e. The molecule has 9 nitrogen and oxygen atoms in total. The number of benzene rings is 3. The van der Waals surface area contributed by atoms with Crippen molar-refractivity contribution in [2.45, 2.75) is 25.4 Å². The Labute approximate surface area is 217 Å². The Morgan fingerprint density at radius 2 is 1.74 bits per heavy atom. The largest absolute Gasteiger partial charge is 0.455 e. The molecule has 0 bridgehead atoms. The monoisotopic (exact) mass is 515 g/mol. The number of imide groups is 1. The van der Waals surface area contributed by atoms with Gasteiger partial charge in [-0.25, -0.2) is 15.0 Å². The van der Waals surface area contributed by atoms with E-state index in [1.165, 1.54) is 19.2 Å². The van der Waals surface area contributed by atoms with Crippen LogP contribution in [0.15, 0.2) is 65.1 Å². The molecule has 1 aliphatic rings. The molecule has 0 spiro atoms. The minimum absolute atomic E-state index is 0.189. The number of rotatable bonds is 6. The van der Waals surface area contributed by atoms with E-state index in [-0.39, 0.29) is 18.5 Å². The zero-order valence-corrected chi connectivity index (χ0v) is 20.6. The summed E-state index contributed by atoms with van der Waals surface area (Å²) in [6.07, 6.45) is 1.45. The maximum Gasteiger partial charge on any atom is 0.338 e. The van der Waals surface area contributed by atoms with Gasteiger partial charge in [0.05, 0.1) is 5.56 Å². The van der Waals surface area contributed by atoms with E-state index in [1.54, 1.807) is 42.5 Å². The molecule has 0 atom stereocenters. The van der Waals surface area contributed by atoms with Crippen LogP contribution in [0.1, 0.15) is 39.1 Å². The summed E-state index contributed by atoms with van der Waals surface area (Å²) in [5.41, 5.74) is 11.8. The van der Waals surface area contributed by atoms with Crippen molar-refractivity contribution in [3.05, 3.63) is 83.2 Å². The van der Waals surface area contributed by atoms with Gasteiger partial charge in [-0.2, -0.15) is 0 Å². The molecule has 6 N–H and O–H groups in total. The first kappa shape index (κ1) is 25.1. The summed E-state index contributed by atoms with van der Waals surface area (Å²) in [6.45, 7) is 0.200. The topological polar surface area (TPSA) is 144 Å². The van der Waals surface area contributed by atoms with Crippen LogP contribution in [0.5, 0.6) is 0 Å². The zero-order chi connectivity index (χ0) is 27.0. The van der Waals surface area contributed by atoms with Crippen LogP contribution in [0.3, 0.4) is 0 Å². The predicted molar refractivity (Wildman–Crippen MR) is 140 cm³/mol. The number of hydrogen-bond acceptors (Lipinski definition) is 6. The molecule has 3 aromatic carbocycles. The highest BCUT2D eigenvalue weighted by molar-refractivity contribution is 6.12. The summed E-state index contributed by atoms with van der Waals surface area (Å²) < 4.78 is 19.6. The molecule has 1 aliphatic carbocycles. The summed E-state index contributed by atoms with van der Waals surface area (Å²) in [6, 6.07) is 15.2. The number of nitrogens with zero attached hydrogens (tertiary/aromatic N) is 1. The number of nitrogens with one attached hydrogen (secondary N) is 2. The van der Waals surface area contributed by atoms with Gasteiger partial charge in [0.1, 0.15) is 17.2 Å². The average Bonchev–Trinajstić information content (AvgIpc) is 3.70. The smallest absolute Gasteiger partial charge is 0.338 e. The summed E-state index contributed by atoms with van der Waals surface area (Å²) in [5, 5.41) is 3.19. The third-order valence-electron chi connectivity index (χ3n) is 6.61. The summed E-state index contributed by atoms with van der Waals surface area (Å²) in [5.74, 6) is 4.39. The number of nitrogens with two attached hydrogens (primary N) is 2. The van der Waals surface area contributed by atoms with E-state index < -0.39 is 17.8 Å². The molecule has 0 aliphatic heterocycles. The minimum atomic E-state index is -0.662. The van der Waals surface area contributed by atoms with E-state index in [0.717, 1.165) is 23.3 Å². The predicted octanol–water partition coefficient (Wildman–Crippen LogP) is 3.91. The Bertz CT molecular complexity index is 1560. The maximum absolute atomic E-state index is 13.5. The van der Waals surface area contributed by atoms with Crippen LogP contribution in [0, 0.1) is 5.82 Å². The first-order valence-corrected chi connectivity index (χ1v) is 12.1. The molecule has 1 fully saturated rings. The van der Waals surface area contributed by atoms with Crippen LogP contribution >= 0.6 is 0 Å². The molecule has 4 amide bonds. The van der Waals surface area contributed by atoms with E-state index in [4.69, 9.17) is 16.0 Å². The fraction of sp³-hybridized carbons (Fsp3) is 0.179. The van der Waals surface area contributed by atoms with Crippen molar-refractivity contribution in [1.82, 2.24) is 15.6 Å². The molecule has 194 valence electrons. The average molecular weight is 516 g/mol. The van der Waals surface area contributed by atoms with E-state index in [2.05, 4.69) is 5.32 Å². The number of carbonyl (C=O) groups is 3. The molecular weight excluding hydrogens is 489 g/mol. The molecule has 5 rings (SSSR count). The van der Waals surface area contributed by atoms with Gasteiger partial charge >= 0.3 is 6.03 Å². The van der Waals surface area contributed by atoms with Crippen molar-refractivity contribution in [2.75, 3.05) is 7.05 Å². The Morgan fingerprint density at radius 1 is 1.03 bits per heavy atom. The lowest BCUT2D eigenvalue weighted by Crippen LogP contribution is -2.47. The lowest BCUT2D eigenvalue weighted by molar-refractivity contribution is 0.0790. The Morgan fingerprint density at radius 3 is 2.37 bits per heavy atom. The van der Waals surface area contributed by atoms with Crippen molar-refractivity contribution >= 4 is 28.8 Å². The Balaban J connectivity index is 1.63. The highest BCUT2D eigenvalue weighted by Crippen LogP contribution is 2.37. The fourth-order valence-corrected chi connectivity index (χ4v) is 4.54. The fourth-order valence-electron chi connectivity index (χ4n) is 4.54. The molecule has 1 aromatic heterocycles. The quantitative estimate of drug-likeness (QED) is 0.174. The van der Waals surface area contributed by atoms with Gasteiger partial charge in [0, 0.05) is 36.1 Å². The molecule has 0 saturated heterocycles. The van der Waals surface area contributed by atoms with Crippen molar-refractivity contribution in [3.63, 3.8) is 0 Å². The SMILES string of the molecule is CNC(=O)c1c(-c2ccc(F)cc2)oc2ccc(-c3cc(C(=O)N(C(=O)NN)C4CC4)ccc3CN)cc12. The summed E-state index contributed by atoms with van der Waals surface area (Å²) in [7, 11) is 1.52. The molecule has 0 radical (unpaired) electrons. The molecule has 10 heteroatoms. The highest BCUT2D eigenvalue weighted by atomic mass is 19.1. The second-order valence-corrected chi connectivity index (χ2v) is 9.04. The van der Waals surface area contributed by atoms with Gasteiger partial charge in [0.2, 0.25) is 0 Å². The lowest BCUT2D eigenvalue weighted by atomic mass is 9.94.